The van der Waals surface area contributed by atoms with Gasteiger partial charge in [-0.1, -0.05) is 104 Å². The Morgan fingerprint density at radius 3 is 2.19 bits per heavy atom. The predicted molar refractivity (Wildman–Crippen MR) is 205 cm³/mol. The Morgan fingerprint density at radius 2 is 1.52 bits per heavy atom. The number of fused-ring (bicyclic) bond motifs is 1. The van der Waals surface area contributed by atoms with Crippen LogP contribution in [0.4, 0.5) is 11.8 Å². The molecule has 2 aromatic rings. The number of aliphatic hydroxyl groups is 2. The number of imidazole rings is 1. The molecule has 0 bridgehead atoms. The van der Waals surface area contributed by atoms with Gasteiger partial charge in [-0.25, -0.2) is 9.55 Å². The summed E-state index contributed by atoms with van der Waals surface area (Å²) < 4.78 is 35.6. The minimum absolute atomic E-state index is 0.0370. The van der Waals surface area contributed by atoms with Gasteiger partial charge in [-0.05, 0) is 31.9 Å². The van der Waals surface area contributed by atoms with E-state index in [-0.39, 0.29) is 35.6 Å². The zero-order chi connectivity index (χ0) is 37.8. The lowest BCUT2D eigenvalue weighted by Crippen LogP contribution is -2.38. The fourth-order valence-electron chi connectivity index (χ4n) is 6.10. The first kappa shape index (κ1) is 44.6. The number of thioether (sulfide) groups is 1. The standard InChI is InChI=1S/C35H65N6O9PS/c1-4-6-8-10-11-12-13-14-16-18-23-52-28(20-17-15-9-7-5-2)26(3)46-21-19-22-47-51(44,45)48-24-27-30(42)31(43)34(49-27)50-41-25-38-29-32(36)39-35(37)40-33(29)41/h25-28,30-31,34,42-43H,4-24H2,1-3H3,(H,44,45)(H4,36,37,39,40)/t26?,27-,28?,30-,31-,34+/m1/s1. The number of nitrogens with zero attached hydrogens (tertiary/aromatic N) is 4. The Labute approximate surface area is 313 Å². The number of ether oxygens (including phenoxy) is 2. The summed E-state index contributed by atoms with van der Waals surface area (Å²) in [7, 11) is -4.49. The molecule has 1 aliphatic rings. The molecule has 3 heterocycles. The molecular formula is C35H65N6O9PS. The van der Waals surface area contributed by atoms with Crippen molar-refractivity contribution in [2.24, 2.45) is 0 Å². The maximum atomic E-state index is 12.6. The fourth-order valence-corrected chi connectivity index (χ4v) is 8.22. The average Bonchev–Trinajstić information content (AvgIpc) is 3.64. The van der Waals surface area contributed by atoms with Crippen LogP contribution in [0.3, 0.4) is 0 Å². The summed E-state index contributed by atoms with van der Waals surface area (Å²) in [6.45, 7) is 6.40. The average molecular weight is 777 g/mol. The topological polar surface area (TPSA) is 220 Å². The van der Waals surface area contributed by atoms with Crippen LogP contribution < -0.4 is 16.3 Å². The van der Waals surface area contributed by atoms with E-state index in [2.05, 4.69) is 35.7 Å². The molecule has 1 fully saturated rings. The third-order valence-corrected chi connectivity index (χ3v) is 11.8. The summed E-state index contributed by atoms with van der Waals surface area (Å²) in [6.07, 6.45) is 16.8. The van der Waals surface area contributed by atoms with Crippen molar-refractivity contribution in [3.05, 3.63) is 6.33 Å². The van der Waals surface area contributed by atoms with Crippen LogP contribution >= 0.6 is 19.6 Å². The Bertz CT molecular complexity index is 1310. The SMILES string of the molecule is CCCCCCCCCCCCSC(CCCCCCC)C(C)OCCCOP(=O)(O)OC[C@H]1O[C@@H](On2cnc3c(N)nc(N)nc32)[C@H](O)[C@@H]1O. The Morgan fingerprint density at radius 1 is 0.885 bits per heavy atom. The maximum absolute atomic E-state index is 12.6. The summed E-state index contributed by atoms with van der Waals surface area (Å²) in [6, 6.07) is 0. The number of hydrogen-bond donors (Lipinski definition) is 5. The van der Waals surface area contributed by atoms with E-state index in [0.717, 1.165) is 16.9 Å². The van der Waals surface area contributed by atoms with Crippen molar-refractivity contribution in [2.75, 3.05) is 37.0 Å². The minimum Gasteiger partial charge on any atom is -0.387 e. The van der Waals surface area contributed by atoms with E-state index in [1.165, 1.54) is 103 Å². The van der Waals surface area contributed by atoms with Crippen molar-refractivity contribution < 1.29 is 43.0 Å². The molecule has 52 heavy (non-hydrogen) atoms. The lowest BCUT2D eigenvalue weighted by Gasteiger charge is -2.24. The van der Waals surface area contributed by atoms with Crippen molar-refractivity contribution in [2.45, 2.75) is 166 Å². The van der Waals surface area contributed by atoms with Crippen LogP contribution in [-0.2, 0) is 23.1 Å². The second-order valence-corrected chi connectivity index (χ2v) is 16.5. The second kappa shape index (κ2) is 24.6. The molecule has 7 atom stereocenters. The van der Waals surface area contributed by atoms with Crippen molar-refractivity contribution >= 4 is 42.5 Å². The molecule has 0 saturated carbocycles. The number of phosphoric acid groups is 1. The third-order valence-electron chi connectivity index (χ3n) is 9.22. The molecule has 15 nitrogen and oxygen atoms in total. The van der Waals surface area contributed by atoms with Crippen LogP contribution in [-0.4, -0.2) is 96.3 Å². The normalized spacial score (nSPS) is 21.4. The molecule has 0 spiro atoms. The smallest absolute Gasteiger partial charge is 0.387 e. The first-order chi connectivity index (χ1) is 25.1. The summed E-state index contributed by atoms with van der Waals surface area (Å²) in [5.74, 6) is 1.07. The van der Waals surface area contributed by atoms with Gasteiger partial charge in [0.1, 0.15) is 24.6 Å². The number of anilines is 2. The van der Waals surface area contributed by atoms with Crippen molar-refractivity contribution in [3.63, 3.8) is 0 Å². The van der Waals surface area contributed by atoms with Crippen molar-refractivity contribution in [1.29, 1.82) is 0 Å². The maximum Gasteiger partial charge on any atom is 0.472 e. The van der Waals surface area contributed by atoms with Crippen LogP contribution in [0.2, 0.25) is 0 Å². The minimum atomic E-state index is -4.49. The zero-order valence-electron chi connectivity index (χ0n) is 31.5. The van der Waals surface area contributed by atoms with Crippen molar-refractivity contribution in [1.82, 2.24) is 19.7 Å². The van der Waals surface area contributed by atoms with Crippen molar-refractivity contribution in [3.8, 4) is 0 Å². The molecular weight excluding hydrogens is 711 g/mol. The molecule has 2 aromatic heterocycles. The summed E-state index contributed by atoms with van der Waals surface area (Å²) in [4.78, 5) is 27.7. The van der Waals surface area contributed by atoms with Crippen LogP contribution in [0.1, 0.15) is 130 Å². The highest BCUT2D eigenvalue weighted by Gasteiger charge is 2.46. The molecule has 0 amide bonds. The van der Waals surface area contributed by atoms with Gasteiger partial charge in [-0.2, -0.15) is 21.7 Å². The first-order valence-corrected chi connectivity index (χ1v) is 21.9. The van der Waals surface area contributed by atoms with Crippen LogP contribution in [0.25, 0.3) is 11.2 Å². The number of aromatic nitrogens is 4. The Hall–Kier alpha value is -1.75. The van der Waals surface area contributed by atoms with Crippen LogP contribution in [0.5, 0.6) is 0 Å². The lowest BCUT2D eigenvalue weighted by molar-refractivity contribution is -0.168. The number of rotatable bonds is 30. The van der Waals surface area contributed by atoms with Gasteiger partial charge in [0.2, 0.25) is 11.6 Å². The molecule has 7 N–H and O–H groups in total. The van der Waals surface area contributed by atoms with E-state index in [9.17, 15) is 19.7 Å². The van der Waals surface area contributed by atoms with E-state index >= 15 is 0 Å². The summed E-state index contributed by atoms with van der Waals surface area (Å²) >= 11 is 2.02. The number of phosphoric ester groups is 1. The molecule has 0 radical (unpaired) electrons. The van der Waals surface area contributed by atoms with Crippen LogP contribution in [0, 0.1) is 0 Å². The van der Waals surface area contributed by atoms with Gasteiger partial charge >= 0.3 is 7.82 Å². The van der Waals surface area contributed by atoms with E-state index in [1.807, 2.05) is 11.8 Å². The molecule has 1 saturated heterocycles. The van der Waals surface area contributed by atoms with E-state index in [0.29, 0.717) is 18.3 Å². The lowest BCUT2D eigenvalue weighted by atomic mass is 10.1. The molecule has 17 heteroatoms. The second-order valence-electron chi connectivity index (χ2n) is 13.7. The monoisotopic (exact) mass is 776 g/mol. The molecule has 3 rings (SSSR count). The fraction of sp³-hybridized carbons (Fsp3) is 0.857. The molecule has 3 unspecified atom stereocenters. The first-order valence-electron chi connectivity index (χ1n) is 19.4. The highest BCUT2D eigenvalue weighted by atomic mass is 32.2. The molecule has 300 valence electrons. The van der Waals surface area contributed by atoms with E-state index in [1.54, 1.807) is 0 Å². The number of aliphatic hydroxyl groups excluding tert-OH is 2. The number of unbranched alkanes of at least 4 members (excludes halogenated alkanes) is 13. The van der Waals surface area contributed by atoms with Gasteiger partial charge in [0.15, 0.2) is 11.3 Å². The van der Waals surface area contributed by atoms with Gasteiger partial charge in [-0.3, -0.25) is 9.05 Å². The van der Waals surface area contributed by atoms with Gasteiger partial charge < -0.3 is 40.9 Å². The highest BCUT2D eigenvalue weighted by Crippen LogP contribution is 2.44. The van der Waals surface area contributed by atoms with Gasteiger partial charge in [0.05, 0.1) is 19.3 Å². The van der Waals surface area contributed by atoms with Gasteiger partial charge in [0.25, 0.3) is 6.29 Å². The summed E-state index contributed by atoms with van der Waals surface area (Å²) in [5.41, 5.74) is 11.8. The number of nitrogen functional groups attached to an aromatic ring is 2. The quantitative estimate of drug-likeness (QED) is 0.0442. The van der Waals surface area contributed by atoms with E-state index < -0.39 is 39.0 Å². The highest BCUT2D eigenvalue weighted by molar-refractivity contribution is 7.99. The van der Waals surface area contributed by atoms with Gasteiger partial charge in [-0.15, -0.1) is 4.73 Å². The largest absolute Gasteiger partial charge is 0.472 e. The Kier molecular flexibility index (Phi) is 21.1. The van der Waals surface area contributed by atoms with Crippen LogP contribution in [0.15, 0.2) is 6.33 Å². The zero-order valence-corrected chi connectivity index (χ0v) is 33.2. The van der Waals surface area contributed by atoms with E-state index in [4.69, 9.17) is 34.8 Å². The summed E-state index contributed by atoms with van der Waals surface area (Å²) in [5, 5.41) is 21.4. The molecule has 0 aliphatic carbocycles. The van der Waals surface area contributed by atoms with Gasteiger partial charge in [0, 0.05) is 11.9 Å². The molecule has 0 aromatic carbocycles. The number of hydrogen-bond acceptors (Lipinski definition) is 14. The Balaban J connectivity index is 1.33. The molecule has 1 aliphatic heterocycles. The predicted octanol–water partition coefficient (Wildman–Crippen LogP) is 6.18. The third kappa shape index (κ3) is 15.9. The number of nitrogens with two attached hydrogens (primary N) is 2.